The van der Waals surface area contributed by atoms with Gasteiger partial charge in [-0.2, -0.15) is 0 Å². The summed E-state index contributed by atoms with van der Waals surface area (Å²) in [5, 5.41) is 15.4. The van der Waals surface area contributed by atoms with Crippen LogP contribution in [-0.4, -0.2) is 39.6 Å². The summed E-state index contributed by atoms with van der Waals surface area (Å²) < 4.78 is 5.54. The van der Waals surface area contributed by atoms with E-state index >= 15 is 0 Å². The molecule has 0 bridgehead atoms. The first-order chi connectivity index (χ1) is 10.1. The molecule has 22 heavy (non-hydrogen) atoms. The van der Waals surface area contributed by atoms with Crippen molar-refractivity contribution >= 4 is 35.0 Å². The number of carbonyl (C=O) groups is 1. The summed E-state index contributed by atoms with van der Waals surface area (Å²) in [7, 11) is 1.42. The fourth-order valence-corrected chi connectivity index (χ4v) is 2.34. The number of nitrogens with one attached hydrogen (secondary N) is 1. The van der Waals surface area contributed by atoms with Crippen LogP contribution in [-0.2, 0) is 11.3 Å². The minimum Gasteiger partial charge on any atom is -0.443 e. The highest BCUT2D eigenvalue weighted by Gasteiger charge is 2.28. The van der Waals surface area contributed by atoms with E-state index in [0.29, 0.717) is 9.34 Å². The van der Waals surface area contributed by atoms with Crippen molar-refractivity contribution in [3.8, 4) is 0 Å². The Bertz CT molecular complexity index is 583. The Morgan fingerprint density at radius 2 is 2.27 bits per heavy atom. The molecule has 0 unspecified atom stereocenters. The third kappa shape index (κ3) is 5.82. The van der Waals surface area contributed by atoms with Crippen molar-refractivity contribution in [2.75, 3.05) is 7.05 Å². The lowest BCUT2D eigenvalue weighted by Gasteiger charge is -2.26. The van der Waals surface area contributed by atoms with Crippen LogP contribution in [0.1, 0.15) is 25.6 Å². The predicted octanol–water partition coefficient (Wildman–Crippen LogP) is 2.30. The Morgan fingerprint density at radius 3 is 2.68 bits per heavy atom. The van der Waals surface area contributed by atoms with E-state index in [1.807, 2.05) is 0 Å². The zero-order valence-electron chi connectivity index (χ0n) is 12.5. The van der Waals surface area contributed by atoms with Gasteiger partial charge in [0.1, 0.15) is 10.7 Å². The molecule has 0 aliphatic rings. The standard InChI is InChI=1S/C11H16ClN5O4S/c1-11(2,3)21-10(18)16(9(13-4)15-17(19)20)6-7-5-14-8(12)22-7/h5H,6H2,1-4H3,(H,13,15). The van der Waals surface area contributed by atoms with E-state index in [2.05, 4.69) is 15.4 Å². The average molecular weight is 350 g/mol. The van der Waals surface area contributed by atoms with E-state index in [4.69, 9.17) is 16.3 Å². The average Bonchev–Trinajstić information content (AvgIpc) is 2.76. The highest BCUT2D eigenvalue weighted by atomic mass is 35.5. The fraction of sp³-hybridized carbons (Fsp3) is 0.545. The molecule has 0 aliphatic heterocycles. The number of carbonyl (C=O) groups excluding carboxylic acids is 1. The second-order valence-electron chi connectivity index (χ2n) is 5.06. The molecule has 1 amide bonds. The number of amides is 1. The van der Waals surface area contributed by atoms with Crippen LogP contribution in [0.15, 0.2) is 11.3 Å². The largest absolute Gasteiger partial charge is 0.443 e. The lowest BCUT2D eigenvalue weighted by atomic mass is 10.2. The van der Waals surface area contributed by atoms with Crippen molar-refractivity contribution in [3.63, 3.8) is 0 Å². The SMILES string of the molecule is CN/C(=N\[N+](=O)[O-])N(Cc1cnc(Cl)s1)C(=O)OC(C)(C)C. The highest BCUT2D eigenvalue weighted by Crippen LogP contribution is 2.20. The van der Waals surface area contributed by atoms with Gasteiger partial charge < -0.3 is 10.1 Å². The molecule has 0 spiro atoms. The van der Waals surface area contributed by atoms with Crippen molar-refractivity contribution in [1.29, 1.82) is 0 Å². The van der Waals surface area contributed by atoms with Crippen molar-refractivity contribution in [3.05, 3.63) is 25.7 Å². The molecule has 0 aromatic carbocycles. The van der Waals surface area contributed by atoms with Crippen LogP contribution in [0.2, 0.25) is 4.47 Å². The van der Waals surface area contributed by atoms with Crippen LogP contribution in [0.25, 0.3) is 0 Å². The number of hydrogen-bond acceptors (Lipinski definition) is 6. The second-order valence-corrected chi connectivity index (χ2v) is 6.75. The van der Waals surface area contributed by atoms with E-state index in [1.165, 1.54) is 13.2 Å². The Balaban J connectivity index is 3.08. The van der Waals surface area contributed by atoms with Crippen LogP contribution in [0, 0.1) is 10.1 Å². The summed E-state index contributed by atoms with van der Waals surface area (Å²) in [4.78, 5) is 28.4. The molecule has 0 aliphatic carbocycles. The summed E-state index contributed by atoms with van der Waals surface area (Å²) in [5.74, 6) is -0.247. The molecule has 0 radical (unpaired) electrons. The molecule has 1 rings (SSSR count). The first-order valence-corrected chi connectivity index (χ1v) is 7.33. The molecular weight excluding hydrogens is 334 g/mol. The monoisotopic (exact) mass is 349 g/mol. The van der Waals surface area contributed by atoms with Gasteiger partial charge in [-0.1, -0.05) is 11.6 Å². The van der Waals surface area contributed by atoms with Gasteiger partial charge in [0.05, 0.1) is 6.54 Å². The summed E-state index contributed by atoms with van der Waals surface area (Å²) in [5.41, 5.74) is -0.756. The number of hydrogen-bond donors (Lipinski definition) is 1. The number of nitrogens with zero attached hydrogens (tertiary/aromatic N) is 4. The maximum Gasteiger partial charge on any atom is 0.417 e. The molecule has 122 valence electrons. The molecule has 0 atom stereocenters. The topological polar surface area (TPSA) is 110 Å². The van der Waals surface area contributed by atoms with E-state index < -0.39 is 16.7 Å². The van der Waals surface area contributed by atoms with Gasteiger partial charge in [0.2, 0.25) is 0 Å². The van der Waals surface area contributed by atoms with Gasteiger partial charge in [-0.15, -0.1) is 11.3 Å². The fourth-order valence-electron chi connectivity index (χ4n) is 1.37. The summed E-state index contributed by atoms with van der Waals surface area (Å²) in [6.45, 7) is 5.07. The van der Waals surface area contributed by atoms with Gasteiger partial charge >= 0.3 is 6.09 Å². The number of ether oxygens (including phenoxy) is 1. The quantitative estimate of drug-likeness (QED) is 0.388. The molecule has 0 saturated heterocycles. The number of nitro groups is 1. The molecule has 0 fully saturated rings. The smallest absolute Gasteiger partial charge is 0.417 e. The van der Waals surface area contributed by atoms with Crippen LogP contribution in [0.3, 0.4) is 0 Å². The summed E-state index contributed by atoms with van der Waals surface area (Å²) in [6.07, 6.45) is 0.705. The molecule has 9 nitrogen and oxygen atoms in total. The number of rotatable bonds is 3. The van der Waals surface area contributed by atoms with E-state index in [-0.39, 0.29) is 12.5 Å². The Hall–Kier alpha value is -1.94. The van der Waals surface area contributed by atoms with Crippen LogP contribution in [0.4, 0.5) is 4.79 Å². The van der Waals surface area contributed by atoms with Crippen molar-refractivity contribution in [1.82, 2.24) is 15.2 Å². The zero-order chi connectivity index (χ0) is 16.9. The summed E-state index contributed by atoms with van der Waals surface area (Å²) in [6, 6.07) is 0. The number of guanidine groups is 1. The Morgan fingerprint density at radius 1 is 1.64 bits per heavy atom. The van der Waals surface area contributed by atoms with Crippen molar-refractivity contribution < 1.29 is 14.6 Å². The lowest BCUT2D eigenvalue weighted by molar-refractivity contribution is -0.485. The third-order valence-electron chi connectivity index (χ3n) is 2.11. The first-order valence-electron chi connectivity index (χ1n) is 6.14. The third-order valence-corrected chi connectivity index (χ3v) is 3.21. The minimum atomic E-state index is -0.900. The molecule has 0 saturated carbocycles. The highest BCUT2D eigenvalue weighted by molar-refractivity contribution is 7.15. The summed E-state index contributed by atoms with van der Waals surface area (Å²) >= 11 is 6.90. The Kier molecular flexibility index (Phi) is 6.06. The zero-order valence-corrected chi connectivity index (χ0v) is 14.1. The van der Waals surface area contributed by atoms with Crippen molar-refractivity contribution in [2.24, 2.45) is 5.10 Å². The van der Waals surface area contributed by atoms with Gasteiger partial charge in [0, 0.05) is 18.1 Å². The van der Waals surface area contributed by atoms with Crippen LogP contribution in [0.5, 0.6) is 0 Å². The van der Waals surface area contributed by atoms with Gasteiger partial charge in [-0.3, -0.25) is 0 Å². The van der Waals surface area contributed by atoms with E-state index in [9.17, 15) is 14.9 Å². The van der Waals surface area contributed by atoms with Crippen LogP contribution < -0.4 is 5.32 Å². The molecule has 1 heterocycles. The molecule has 11 heteroatoms. The van der Waals surface area contributed by atoms with Gasteiger partial charge in [-0.25, -0.2) is 24.8 Å². The van der Waals surface area contributed by atoms with E-state index in [0.717, 1.165) is 16.2 Å². The second kappa shape index (κ2) is 7.36. The molecule has 1 aromatic heterocycles. The number of halogens is 1. The maximum atomic E-state index is 12.3. The maximum absolute atomic E-state index is 12.3. The van der Waals surface area contributed by atoms with E-state index in [1.54, 1.807) is 20.8 Å². The first kappa shape index (κ1) is 18.1. The van der Waals surface area contributed by atoms with Crippen LogP contribution >= 0.6 is 22.9 Å². The van der Waals surface area contributed by atoms with Gasteiger partial charge in [0.15, 0.2) is 9.50 Å². The van der Waals surface area contributed by atoms with Crippen molar-refractivity contribution in [2.45, 2.75) is 32.9 Å². The predicted molar refractivity (Wildman–Crippen MR) is 82.4 cm³/mol. The minimum absolute atomic E-state index is 0.00713. The van der Waals surface area contributed by atoms with Gasteiger partial charge in [-0.05, 0) is 20.8 Å². The number of thiazole rings is 1. The molecular formula is C11H16ClN5O4S. The lowest BCUT2D eigenvalue weighted by Crippen LogP contribution is -2.45. The normalized spacial score (nSPS) is 12.0. The van der Waals surface area contributed by atoms with Gasteiger partial charge in [0.25, 0.3) is 5.96 Å². The number of hydrazone groups is 1. The molecule has 1 aromatic rings. The Labute approximate surface area is 136 Å². The molecule has 1 N–H and O–H groups in total. The number of aromatic nitrogens is 1.